The molecule has 23 heavy (non-hydrogen) atoms. The lowest BCUT2D eigenvalue weighted by molar-refractivity contribution is 0.127. The summed E-state index contributed by atoms with van der Waals surface area (Å²) in [6.07, 6.45) is 6.06. The lowest BCUT2D eigenvalue weighted by Gasteiger charge is -2.36. The first-order chi connectivity index (χ1) is 11.1. The molecule has 128 valence electrons. The minimum Gasteiger partial charge on any atom is -0.337 e. The van der Waals surface area contributed by atoms with E-state index in [9.17, 15) is 4.79 Å². The van der Waals surface area contributed by atoms with Crippen LogP contribution in [0.2, 0.25) is 0 Å². The van der Waals surface area contributed by atoms with Gasteiger partial charge in [0.1, 0.15) is 5.82 Å². The number of nitrogens with one attached hydrogen (secondary N) is 1. The first kappa shape index (κ1) is 16.3. The quantitative estimate of drug-likeness (QED) is 0.873. The maximum absolute atomic E-state index is 12.4. The maximum Gasteiger partial charge on any atom is 0.317 e. The minimum absolute atomic E-state index is 0.0990. The van der Waals surface area contributed by atoms with Gasteiger partial charge in [0.2, 0.25) is 0 Å². The number of likely N-dealkylation sites (tertiary alicyclic amines) is 1. The third kappa shape index (κ3) is 4.23. The van der Waals surface area contributed by atoms with Gasteiger partial charge in [-0.2, -0.15) is 0 Å². The Hall–Kier alpha value is -1.60. The molecule has 1 N–H and O–H groups in total. The Morgan fingerprint density at radius 3 is 2.70 bits per heavy atom. The van der Waals surface area contributed by atoms with Crippen LogP contribution in [0.1, 0.15) is 18.7 Å². The number of carbonyl (C=O) groups excluding carboxylic acids is 1. The van der Waals surface area contributed by atoms with Crippen LogP contribution in [0.3, 0.4) is 0 Å². The second kappa shape index (κ2) is 7.31. The normalized spacial score (nSPS) is 23.9. The molecule has 0 aromatic carbocycles. The Balaban J connectivity index is 1.43. The molecule has 7 heteroatoms. The van der Waals surface area contributed by atoms with Crippen molar-refractivity contribution in [1.82, 2.24) is 29.6 Å². The minimum atomic E-state index is 0.0990. The summed E-state index contributed by atoms with van der Waals surface area (Å²) in [6, 6.07) is 0.397. The molecular formula is C16H28N6O. The van der Waals surface area contributed by atoms with Gasteiger partial charge in [0, 0.05) is 58.2 Å². The Bertz CT molecular complexity index is 522. The number of piperidine rings is 1. The van der Waals surface area contributed by atoms with Crippen LogP contribution >= 0.6 is 0 Å². The summed E-state index contributed by atoms with van der Waals surface area (Å²) in [4.78, 5) is 23.4. The van der Waals surface area contributed by atoms with E-state index in [1.54, 1.807) is 0 Å². The molecule has 0 aliphatic carbocycles. The van der Waals surface area contributed by atoms with Crippen LogP contribution in [-0.2, 0) is 13.6 Å². The van der Waals surface area contributed by atoms with E-state index >= 15 is 0 Å². The molecule has 1 aromatic rings. The maximum atomic E-state index is 12.4. The fraction of sp³-hybridized carbons (Fsp3) is 0.750. The summed E-state index contributed by atoms with van der Waals surface area (Å²) in [5.74, 6) is 1.08. The zero-order valence-corrected chi connectivity index (χ0v) is 14.2. The van der Waals surface area contributed by atoms with Gasteiger partial charge in [-0.05, 0) is 26.4 Å². The zero-order chi connectivity index (χ0) is 16.2. The molecule has 2 saturated heterocycles. The van der Waals surface area contributed by atoms with E-state index < -0.39 is 0 Å². The monoisotopic (exact) mass is 320 g/mol. The van der Waals surface area contributed by atoms with Crippen LogP contribution < -0.4 is 5.32 Å². The molecule has 2 fully saturated rings. The van der Waals surface area contributed by atoms with Gasteiger partial charge in [-0.15, -0.1) is 0 Å². The van der Waals surface area contributed by atoms with Crippen LogP contribution in [0.25, 0.3) is 0 Å². The number of piperazine rings is 1. The molecule has 1 unspecified atom stereocenters. The van der Waals surface area contributed by atoms with E-state index in [4.69, 9.17) is 0 Å². The number of likely N-dealkylation sites (N-methyl/N-ethyl adjacent to an activating group) is 1. The zero-order valence-electron chi connectivity index (χ0n) is 14.2. The van der Waals surface area contributed by atoms with E-state index in [1.807, 2.05) is 24.3 Å². The van der Waals surface area contributed by atoms with Crippen LogP contribution in [0.5, 0.6) is 0 Å². The number of nitrogens with zero attached hydrogens (tertiary/aromatic N) is 5. The highest BCUT2D eigenvalue weighted by Gasteiger charge is 2.25. The van der Waals surface area contributed by atoms with Crippen molar-refractivity contribution in [2.45, 2.75) is 25.4 Å². The van der Waals surface area contributed by atoms with Crippen molar-refractivity contribution in [1.29, 1.82) is 0 Å². The van der Waals surface area contributed by atoms with E-state index in [1.165, 1.54) is 6.42 Å². The number of aromatic nitrogens is 2. The molecule has 2 aliphatic rings. The number of rotatable bonds is 3. The third-order valence-electron chi connectivity index (χ3n) is 4.90. The average Bonchev–Trinajstić information content (AvgIpc) is 2.93. The average molecular weight is 320 g/mol. The standard InChI is InChI=1S/C16H28N6O/c1-19-6-3-4-14(12-19)18-16(23)22-10-8-21(9-11-22)13-15-17-5-7-20(15)2/h5,7,14H,3-4,6,8-13H2,1-2H3,(H,18,23). The number of carbonyl (C=O) groups is 1. The number of hydrogen-bond acceptors (Lipinski definition) is 4. The summed E-state index contributed by atoms with van der Waals surface area (Å²) in [7, 11) is 4.14. The van der Waals surface area contributed by atoms with Crippen LogP contribution in [-0.4, -0.2) is 82.6 Å². The fourth-order valence-corrected chi connectivity index (χ4v) is 3.41. The van der Waals surface area contributed by atoms with Gasteiger partial charge in [0.15, 0.2) is 0 Å². The predicted octanol–water partition coefficient (Wildman–Crippen LogP) is 0.342. The van der Waals surface area contributed by atoms with Gasteiger partial charge < -0.3 is 19.7 Å². The SMILES string of the molecule is CN1CCCC(NC(=O)N2CCN(Cc3nccn3C)CC2)C1. The van der Waals surface area contributed by atoms with Crippen molar-refractivity contribution in [3.05, 3.63) is 18.2 Å². The Morgan fingerprint density at radius 1 is 1.26 bits per heavy atom. The summed E-state index contributed by atoms with van der Waals surface area (Å²) in [6.45, 7) is 6.35. The van der Waals surface area contributed by atoms with Crippen molar-refractivity contribution in [2.75, 3.05) is 46.3 Å². The highest BCUT2D eigenvalue weighted by molar-refractivity contribution is 5.74. The van der Waals surface area contributed by atoms with E-state index in [-0.39, 0.29) is 6.03 Å². The Kier molecular flexibility index (Phi) is 5.17. The Morgan fingerprint density at radius 2 is 2.04 bits per heavy atom. The summed E-state index contributed by atoms with van der Waals surface area (Å²) in [5.41, 5.74) is 0. The van der Waals surface area contributed by atoms with Crippen molar-refractivity contribution in [2.24, 2.45) is 7.05 Å². The van der Waals surface area contributed by atoms with Crippen molar-refractivity contribution in [3.63, 3.8) is 0 Å². The number of amides is 2. The fourth-order valence-electron chi connectivity index (χ4n) is 3.41. The molecule has 0 spiro atoms. The first-order valence-electron chi connectivity index (χ1n) is 8.54. The second-order valence-electron chi connectivity index (χ2n) is 6.77. The number of urea groups is 1. The number of imidazole rings is 1. The molecule has 0 bridgehead atoms. The van der Waals surface area contributed by atoms with Crippen LogP contribution in [0, 0.1) is 0 Å². The molecule has 1 aromatic heterocycles. The van der Waals surface area contributed by atoms with Crippen LogP contribution in [0.4, 0.5) is 4.79 Å². The molecular weight excluding hydrogens is 292 g/mol. The second-order valence-corrected chi connectivity index (χ2v) is 6.77. The van der Waals surface area contributed by atoms with Gasteiger partial charge in [-0.1, -0.05) is 0 Å². The van der Waals surface area contributed by atoms with E-state index in [0.29, 0.717) is 6.04 Å². The molecule has 0 radical (unpaired) electrons. The van der Waals surface area contributed by atoms with E-state index in [2.05, 4.69) is 31.7 Å². The number of hydrogen-bond donors (Lipinski definition) is 1. The Labute approximate surface area is 138 Å². The molecule has 3 rings (SSSR count). The smallest absolute Gasteiger partial charge is 0.317 e. The largest absolute Gasteiger partial charge is 0.337 e. The first-order valence-corrected chi connectivity index (χ1v) is 8.54. The molecule has 2 aliphatic heterocycles. The lowest BCUT2D eigenvalue weighted by atomic mass is 10.1. The molecule has 1 atom stereocenters. The molecule has 7 nitrogen and oxygen atoms in total. The van der Waals surface area contributed by atoms with Crippen LogP contribution in [0.15, 0.2) is 12.4 Å². The topological polar surface area (TPSA) is 56.6 Å². The van der Waals surface area contributed by atoms with Gasteiger partial charge in [0.25, 0.3) is 0 Å². The van der Waals surface area contributed by atoms with Gasteiger partial charge in [-0.3, -0.25) is 4.90 Å². The molecule has 3 heterocycles. The molecule has 0 saturated carbocycles. The van der Waals surface area contributed by atoms with Gasteiger partial charge >= 0.3 is 6.03 Å². The van der Waals surface area contributed by atoms with Crippen molar-refractivity contribution < 1.29 is 4.79 Å². The van der Waals surface area contributed by atoms with Crippen molar-refractivity contribution in [3.8, 4) is 0 Å². The highest BCUT2D eigenvalue weighted by atomic mass is 16.2. The van der Waals surface area contributed by atoms with Gasteiger partial charge in [-0.25, -0.2) is 9.78 Å². The summed E-state index contributed by atoms with van der Waals surface area (Å²) < 4.78 is 2.05. The predicted molar refractivity (Wildman–Crippen MR) is 89.1 cm³/mol. The highest BCUT2D eigenvalue weighted by Crippen LogP contribution is 2.10. The van der Waals surface area contributed by atoms with E-state index in [0.717, 1.165) is 58.1 Å². The van der Waals surface area contributed by atoms with Crippen molar-refractivity contribution >= 4 is 6.03 Å². The third-order valence-corrected chi connectivity index (χ3v) is 4.90. The summed E-state index contributed by atoms with van der Waals surface area (Å²) >= 11 is 0. The lowest BCUT2D eigenvalue weighted by Crippen LogP contribution is -2.55. The van der Waals surface area contributed by atoms with Gasteiger partial charge in [0.05, 0.1) is 6.54 Å². The number of aryl methyl sites for hydroxylation is 1. The summed E-state index contributed by atoms with van der Waals surface area (Å²) in [5, 5.41) is 3.20. The molecule has 2 amide bonds.